The second-order valence-corrected chi connectivity index (χ2v) is 8.43. The second kappa shape index (κ2) is 10.6. The number of thioether (sulfide) groups is 1. The van der Waals surface area contributed by atoms with Gasteiger partial charge >= 0.3 is 0 Å². The summed E-state index contributed by atoms with van der Waals surface area (Å²) in [6, 6.07) is 18.8. The average molecular weight is 483 g/mol. The molecule has 8 heteroatoms. The Kier molecular flexibility index (Phi) is 7.32. The van der Waals surface area contributed by atoms with Gasteiger partial charge in [0.25, 0.3) is 5.91 Å². The van der Waals surface area contributed by atoms with Gasteiger partial charge in [-0.25, -0.2) is 9.38 Å². The lowest BCUT2D eigenvalue weighted by molar-refractivity contribution is -0.115. The van der Waals surface area contributed by atoms with Crippen LogP contribution in [0.5, 0.6) is 11.5 Å². The van der Waals surface area contributed by atoms with E-state index in [1.807, 2.05) is 31.2 Å². The Morgan fingerprint density at radius 1 is 1.06 bits per heavy atom. The SMILES string of the molecule is CCOc1cc(/C=C2/SC(=Nc3ccccc3Cl)NC2=O)ccc1OCc1ccc(F)cc1. The number of carbonyl (C=O) groups excluding carboxylic acids is 1. The monoisotopic (exact) mass is 482 g/mol. The number of hydrogen-bond donors (Lipinski definition) is 1. The number of carbonyl (C=O) groups is 1. The molecule has 0 atom stereocenters. The van der Waals surface area contributed by atoms with Crippen LogP contribution >= 0.6 is 23.4 Å². The van der Waals surface area contributed by atoms with E-state index in [4.69, 9.17) is 21.1 Å². The molecule has 0 radical (unpaired) electrons. The quantitative estimate of drug-likeness (QED) is 0.399. The topological polar surface area (TPSA) is 59.9 Å². The average Bonchev–Trinajstić information content (AvgIpc) is 3.14. The van der Waals surface area contributed by atoms with E-state index in [1.165, 1.54) is 23.9 Å². The fourth-order valence-corrected chi connectivity index (χ4v) is 4.04. The van der Waals surface area contributed by atoms with Crippen molar-refractivity contribution in [3.8, 4) is 11.5 Å². The van der Waals surface area contributed by atoms with Crippen LogP contribution in [0.15, 0.2) is 76.6 Å². The minimum atomic E-state index is -0.292. The minimum absolute atomic E-state index is 0.236. The molecule has 1 amide bonds. The smallest absolute Gasteiger partial charge is 0.264 e. The van der Waals surface area contributed by atoms with Crippen molar-refractivity contribution in [3.05, 3.63) is 93.6 Å². The summed E-state index contributed by atoms with van der Waals surface area (Å²) in [7, 11) is 0. The van der Waals surface area contributed by atoms with Crippen LogP contribution in [-0.2, 0) is 11.4 Å². The van der Waals surface area contributed by atoms with E-state index in [1.54, 1.807) is 36.4 Å². The van der Waals surface area contributed by atoms with E-state index < -0.39 is 0 Å². The Hall–Kier alpha value is -3.29. The van der Waals surface area contributed by atoms with Crippen LogP contribution in [0.1, 0.15) is 18.1 Å². The van der Waals surface area contributed by atoms with Crippen LogP contribution in [-0.4, -0.2) is 17.7 Å². The zero-order chi connectivity index (χ0) is 23.2. The molecule has 1 aliphatic rings. The molecule has 0 aromatic heterocycles. The summed E-state index contributed by atoms with van der Waals surface area (Å²) in [5.41, 5.74) is 2.21. The van der Waals surface area contributed by atoms with Gasteiger partial charge in [0, 0.05) is 0 Å². The molecule has 4 rings (SSSR count). The van der Waals surface area contributed by atoms with Gasteiger partial charge in [0.2, 0.25) is 0 Å². The normalized spacial score (nSPS) is 15.7. The van der Waals surface area contributed by atoms with Crippen LogP contribution in [0.25, 0.3) is 6.08 Å². The van der Waals surface area contributed by atoms with Crippen molar-refractivity contribution in [1.29, 1.82) is 0 Å². The van der Waals surface area contributed by atoms with Crippen molar-refractivity contribution in [2.24, 2.45) is 4.99 Å². The largest absolute Gasteiger partial charge is 0.490 e. The van der Waals surface area contributed by atoms with Crippen molar-refractivity contribution in [2.45, 2.75) is 13.5 Å². The maximum atomic E-state index is 13.1. The molecular weight excluding hydrogens is 463 g/mol. The lowest BCUT2D eigenvalue weighted by Crippen LogP contribution is -2.19. The van der Waals surface area contributed by atoms with E-state index in [0.29, 0.717) is 38.9 Å². The van der Waals surface area contributed by atoms with Crippen LogP contribution in [0.4, 0.5) is 10.1 Å². The number of nitrogens with zero attached hydrogens (tertiary/aromatic N) is 1. The maximum absolute atomic E-state index is 13.1. The Morgan fingerprint density at radius 2 is 1.85 bits per heavy atom. The fraction of sp³-hybridized carbons (Fsp3) is 0.120. The van der Waals surface area contributed by atoms with E-state index in [-0.39, 0.29) is 18.3 Å². The number of rotatable bonds is 7. The Labute approximate surface area is 200 Å². The summed E-state index contributed by atoms with van der Waals surface area (Å²) in [6.45, 7) is 2.62. The van der Waals surface area contributed by atoms with Crippen molar-refractivity contribution < 1.29 is 18.7 Å². The molecule has 3 aromatic rings. The molecule has 168 valence electrons. The van der Waals surface area contributed by atoms with Crippen molar-refractivity contribution >= 4 is 46.2 Å². The summed E-state index contributed by atoms with van der Waals surface area (Å²) in [5.74, 6) is 0.593. The van der Waals surface area contributed by atoms with E-state index in [2.05, 4.69) is 10.3 Å². The molecule has 0 saturated carbocycles. The number of amidine groups is 1. The van der Waals surface area contributed by atoms with Gasteiger partial charge < -0.3 is 14.8 Å². The third-order valence-corrected chi connectivity index (χ3v) is 5.83. The number of amides is 1. The van der Waals surface area contributed by atoms with Gasteiger partial charge in [0.05, 0.1) is 22.2 Å². The molecule has 0 unspecified atom stereocenters. The van der Waals surface area contributed by atoms with E-state index >= 15 is 0 Å². The number of aliphatic imine (C=N–C) groups is 1. The molecule has 33 heavy (non-hydrogen) atoms. The molecule has 1 fully saturated rings. The molecule has 1 saturated heterocycles. The van der Waals surface area contributed by atoms with Crippen LogP contribution in [0.2, 0.25) is 5.02 Å². The Balaban J connectivity index is 1.51. The molecule has 0 spiro atoms. The predicted molar refractivity (Wildman–Crippen MR) is 131 cm³/mol. The van der Waals surface area contributed by atoms with E-state index in [9.17, 15) is 9.18 Å². The lowest BCUT2D eigenvalue weighted by atomic mass is 10.2. The van der Waals surface area contributed by atoms with Gasteiger partial charge in [0.1, 0.15) is 12.4 Å². The number of nitrogens with one attached hydrogen (secondary N) is 1. The van der Waals surface area contributed by atoms with Crippen molar-refractivity contribution in [3.63, 3.8) is 0 Å². The van der Waals surface area contributed by atoms with Gasteiger partial charge in [-0.15, -0.1) is 0 Å². The molecular formula is C25H20ClFN2O3S. The molecule has 0 bridgehead atoms. The van der Waals surface area contributed by atoms with Gasteiger partial charge in [-0.3, -0.25) is 4.79 Å². The highest BCUT2D eigenvalue weighted by molar-refractivity contribution is 8.18. The summed E-state index contributed by atoms with van der Waals surface area (Å²) in [4.78, 5) is 17.4. The predicted octanol–water partition coefficient (Wildman–Crippen LogP) is 6.35. The molecule has 1 N–H and O–H groups in total. The van der Waals surface area contributed by atoms with Gasteiger partial charge in [-0.2, -0.15) is 0 Å². The number of benzene rings is 3. The van der Waals surface area contributed by atoms with E-state index in [0.717, 1.165) is 11.1 Å². The zero-order valence-corrected chi connectivity index (χ0v) is 19.3. The summed E-state index contributed by atoms with van der Waals surface area (Å²) < 4.78 is 24.7. The number of para-hydroxylation sites is 1. The van der Waals surface area contributed by atoms with Crippen LogP contribution in [0.3, 0.4) is 0 Å². The third kappa shape index (κ3) is 5.94. The molecule has 0 aliphatic carbocycles. The highest BCUT2D eigenvalue weighted by Gasteiger charge is 2.24. The first kappa shape index (κ1) is 22.9. The first-order valence-corrected chi connectivity index (χ1v) is 11.4. The van der Waals surface area contributed by atoms with Gasteiger partial charge in [-0.1, -0.05) is 41.9 Å². The number of hydrogen-bond acceptors (Lipinski definition) is 5. The lowest BCUT2D eigenvalue weighted by Gasteiger charge is -2.13. The van der Waals surface area contributed by atoms with Crippen molar-refractivity contribution in [2.75, 3.05) is 6.61 Å². The van der Waals surface area contributed by atoms with Crippen LogP contribution < -0.4 is 14.8 Å². The molecule has 5 nitrogen and oxygen atoms in total. The Bertz CT molecular complexity index is 1230. The Morgan fingerprint density at radius 3 is 2.61 bits per heavy atom. The van der Waals surface area contributed by atoms with Gasteiger partial charge in [-0.05, 0) is 72.3 Å². The highest BCUT2D eigenvalue weighted by atomic mass is 35.5. The maximum Gasteiger partial charge on any atom is 0.264 e. The standard InChI is InChI=1S/C25H20ClFN2O3S/c1-2-31-22-13-17(9-12-21(22)32-15-16-7-10-18(27)11-8-16)14-23-24(30)29-25(33-23)28-20-6-4-3-5-19(20)26/h3-14H,2,15H2,1H3,(H,28,29,30)/b23-14+. The van der Waals surface area contributed by atoms with Crippen LogP contribution in [0, 0.1) is 5.82 Å². The summed E-state index contributed by atoms with van der Waals surface area (Å²) in [6.07, 6.45) is 1.77. The van der Waals surface area contributed by atoms with Crippen molar-refractivity contribution in [1.82, 2.24) is 5.32 Å². The molecule has 3 aromatic carbocycles. The second-order valence-electron chi connectivity index (χ2n) is 6.99. The minimum Gasteiger partial charge on any atom is -0.490 e. The number of ether oxygens (including phenoxy) is 2. The molecule has 1 heterocycles. The number of halogens is 2. The highest BCUT2D eigenvalue weighted by Crippen LogP contribution is 2.33. The first-order valence-electron chi connectivity index (χ1n) is 10.2. The fourth-order valence-electron chi connectivity index (χ4n) is 3.03. The summed E-state index contributed by atoms with van der Waals surface area (Å²) >= 11 is 7.39. The molecule has 1 aliphatic heterocycles. The third-order valence-electron chi connectivity index (χ3n) is 4.60. The van der Waals surface area contributed by atoms with Gasteiger partial charge in [0.15, 0.2) is 16.7 Å². The summed E-state index contributed by atoms with van der Waals surface area (Å²) in [5, 5.41) is 3.73. The first-order chi connectivity index (χ1) is 16.0. The zero-order valence-electron chi connectivity index (χ0n) is 17.7.